The van der Waals surface area contributed by atoms with Crippen LogP contribution in [0.5, 0.6) is 11.5 Å². The first-order valence-electron chi connectivity index (χ1n) is 13.4. The van der Waals surface area contributed by atoms with Gasteiger partial charge in [0.1, 0.15) is 22.9 Å². The summed E-state index contributed by atoms with van der Waals surface area (Å²) >= 11 is 0. The smallest absolute Gasteiger partial charge is 0.697 e. The fourth-order valence-corrected chi connectivity index (χ4v) is 4.35. The molecule has 0 unspecified atom stereocenters. The van der Waals surface area contributed by atoms with Gasteiger partial charge >= 0.3 is 16.8 Å². The number of hydrogen-bond donors (Lipinski definition) is 2. The number of benzene rings is 6. The Hall–Kier alpha value is -6.45. The van der Waals surface area contributed by atoms with Crippen molar-refractivity contribution < 1.29 is 36.8 Å². The molecule has 235 valence electrons. The number of nitrogens with one attached hydrogen (secondary N) is 2. The van der Waals surface area contributed by atoms with Gasteiger partial charge in [-0.25, -0.2) is 0 Å². The van der Waals surface area contributed by atoms with E-state index in [4.69, 9.17) is 11.5 Å². The third kappa shape index (κ3) is 7.62. The number of azo groups is 2. The molecule has 14 nitrogen and oxygen atoms in total. The van der Waals surface area contributed by atoms with Crippen LogP contribution in [-0.4, -0.2) is 20.1 Å². The Balaban J connectivity index is 0.000000208. The quantitative estimate of drug-likeness (QED) is 0.0992. The van der Waals surface area contributed by atoms with Gasteiger partial charge in [-0.3, -0.25) is 20.2 Å². The first kappa shape index (κ1) is 33.4. The zero-order valence-corrected chi connectivity index (χ0v) is 25.0. The second-order valence-electron chi connectivity index (χ2n) is 9.63. The first-order chi connectivity index (χ1) is 22.1. The molecule has 0 atom stereocenters. The van der Waals surface area contributed by atoms with Crippen LogP contribution < -0.4 is 0 Å². The van der Waals surface area contributed by atoms with Crippen LogP contribution in [0.15, 0.2) is 130 Å². The monoisotopic (exact) mass is 673 g/mol. The number of phenols is 2. The molecule has 4 N–H and O–H groups in total. The van der Waals surface area contributed by atoms with Gasteiger partial charge < -0.3 is 21.7 Å². The van der Waals surface area contributed by atoms with Gasteiger partial charge in [0, 0.05) is 22.9 Å². The normalized spacial score (nSPS) is 10.9. The summed E-state index contributed by atoms with van der Waals surface area (Å²) in [5, 5.41) is 60.2. The maximum atomic E-state index is 10.7. The summed E-state index contributed by atoms with van der Waals surface area (Å²) in [4.78, 5) is 20.1. The summed E-state index contributed by atoms with van der Waals surface area (Å²) in [6.45, 7) is 0. The Bertz CT molecular complexity index is 2040. The van der Waals surface area contributed by atoms with E-state index in [1.165, 1.54) is 24.3 Å². The van der Waals surface area contributed by atoms with E-state index < -0.39 is 9.85 Å². The van der Waals surface area contributed by atoms with Gasteiger partial charge in [0.2, 0.25) is 0 Å². The van der Waals surface area contributed by atoms with Gasteiger partial charge in [0.05, 0.1) is 33.4 Å². The standard InChI is InChI=1S/2C16H11N4O3.Co/c2*17-13-7-5-10-3-1-2-4-12(10)16(13)19-18-14-8-6-11(20(22)23)9-15(14)21;/h2*1-9H,(H2-,17,18,19,21);/q2*-1;+2. The molecule has 6 aromatic rings. The summed E-state index contributed by atoms with van der Waals surface area (Å²) in [5.74, 6) is -0.676. The molecule has 0 aliphatic carbocycles. The third-order valence-electron chi connectivity index (χ3n) is 6.66. The molecule has 0 spiro atoms. The van der Waals surface area contributed by atoms with Gasteiger partial charge in [-0.15, -0.1) is 21.6 Å². The number of nitro groups is 2. The van der Waals surface area contributed by atoms with Gasteiger partial charge in [-0.1, -0.05) is 72.8 Å². The van der Waals surface area contributed by atoms with E-state index in [0.717, 1.165) is 33.7 Å². The minimum atomic E-state index is -0.604. The predicted molar refractivity (Wildman–Crippen MR) is 174 cm³/mol. The van der Waals surface area contributed by atoms with Crippen LogP contribution in [0.2, 0.25) is 0 Å². The molecule has 6 rings (SSSR count). The zero-order chi connectivity index (χ0) is 32.8. The molecule has 0 aliphatic heterocycles. The van der Waals surface area contributed by atoms with Crippen LogP contribution in [-0.2, 0) is 16.8 Å². The minimum absolute atomic E-state index is 0. The second kappa shape index (κ2) is 14.6. The number of nitrogens with zero attached hydrogens (tertiary/aromatic N) is 6. The van der Waals surface area contributed by atoms with Crippen LogP contribution >= 0.6 is 0 Å². The van der Waals surface area contributed by atoms with Crippen molar-refractivity contribution in [2.24, 2.45) is 20.5 Å². The largest absolute Gasteiger partial charge is 2.00 e. The van der Waals surface area contributed by atoms with Crippen molar-refractivity contribution in [3.63, 3.8) is 0 Å². The Morgan fingerprint density at radius 3 is 1.28 bits per heavy atom. The molecule has 47 heavy (non-hydrogen) atoms. The molecule has 0 heterocycles. The van der Waals surface area contributed by atoms with E-state index in [-0.39, 0.29) is 62.4 Å². The fourth-order valence-electron chi connectivity index (χ4n) is 4.35. The SMILES string of the molecule is [Co+2].[NH-]c1ccc2ccccc2c1N=Nc1ccc([N+](=O)[O-])cc1O.[NH-]c1ccc2ccccc2c1N=Nc1ccc([N+](=O)[O-])cc1O. The van der Waals surface area contributed by atoms with Gasteiger partial charge in [-0.2, -0.15) is 10.2 Å². The number of phenolic OH excluding ortho intramolecular Hbond substituents is 2. The number of nitro benzene ring substituents is 2. The number of rotatable bonds is 6. The summed E-state index contributed by atoms with van der Waals surface area (Å²) in [7, 11) is 0. The molecule has 0 amide bonds. The Morgan fingerprint density at radius 2 is 0.915 bits per heavy atom. The summed E-state index contributed by atoms with van der Waals surface area (Å²) in [6.07, 6.45) is 0. The third-order valence-corrected chi connectivity index (χ3v) is 6.66. The van der Waals surface area contributed by atoms with Crippen molar-refractivity contribution in [2.75, 3.05) is 0 Å². The molecule has 1 radical (unpaired) electrons. The summed E-state index contributed by atoms with van der Waals surface area (Å²) < 4.78 is 0. The Kier molecular flexibility index (Phi) is 10.4. The number of hydrogen-bond acceptors (Lipinski definition) is 10. The Labute approximate surface area is 276 Å². The molecule has 0 aromatic heterocycles. The van der Waals surface area contributed by atoms with E-state index in [0.29, 0.717) is 11.4 Å². The van der Waals surface area contributed by atoms with Crippen LogP contribution in [0.4, 0.5) is 45.5 Å². The maximum Gasteiger partial charge on any atom is 2.00 e. The molecular weight excluding hydrogens is 651 g/mol. The van der Waals surface area contributed by atoms with Crippen molar-refractivity contribution in [3.8, 4) is 11.5 Å². The second-order valence-corrected chi connectivity index (χ2v) is 9.63. The average molecular weight is 674 g/mol. The molecule has 0 fully saturated rings. The van der Waals surface area contributed by atoms with Gasteiger partial charge in [-0.05, 0) is 22.9 Å². The van der Waals surface area contributed by atoms with Crippen LogP contribution in [0.1, 0.15) is 0 Å². The van der Waals surface area contributed by atoms with E-state index in [9.17, 15) is 30.4 Å². The maximum absolute atomic E-state index is 10.7. The molecule has 0 bridgehead atoms. The van der Waals surface area contributed by atoms with Crippen molar-refractivity contribution in [1.29, 1.82) is 0 Å². The van der Waals surface area contributed by atoms with Gasteiger partial charge in [0.25, 0.3) is 11.4 Å². The van der Waals surface area contributed by atoms with E-state index >= 15 is 0 Å². The van der Waals surface area contributed by atoms with Crippen LogP contribution in [0.3, 0.4) is 0 Å². The number of fused-ring (bicyclic) bond motifs is 2. The number of aromatic hydroxyl groups is 2. The molecule has 0 saturated heterocycles. The van der Waals surface area contributed by atoms with Crippen LogP contribution in [0, 0.1) is 20.2 Å². The van der Waals surface area contributed by atoms with E-state index in [1.54, 1.807) is 12.1 Å². The molecule has 15 heteroatoms. The zero-order valence-electron chi connectivity index (χ0n) is 23.9. The topological polar surface area (TPSA) is 224 Å². The van der Waals surface area contributed by atoms with E-state index in [1.807, 2.05) is 60.7 Å². The number of non-ortho nitro benzene ring substituents is 2. The average Bonchev–Trinajstić information content (AvgIpc) is 3.05. The molecule has 0 saturated carbocycles. The summed E-state index contributed by atoms with van der Waals surface area (Å²) in [6, 6.07) is 28.9. The molecular formula is C32H22CoN8O6. The van der Waals surface area contributed by atoms with E-state index in [2.05, 4.69) is 20.5 Å². The van der Waals surface area contributed by atoms with Crippen molar-refractivity contribution >= 4 is 67.0 Å². The summed E-state index contributed by atoms with van der Waals surface area (Å²) in [5.41, 5.74) is 16.8. The van der Waals surface area contributed by atoms with Crippen molar-refractivity contribution in [1.82, 2.24) is 0 Å². The van der Waals surface area contributed by atoms with Crippen LogP contribution in [0.25, 0.3) is 33.0 Å². The first-order valence-corrected chi connectivity index (χ1v) is 13.4. The van der Waals surface area contributed by atoms with Gasteiger partial charge in [0.15, 0.2) is 0 Å². The Morgan fingerprint density at radius 1 is 0.532 bits per heavy atom. The predicted octanol–water partition coefficient (Wildman–Crippen LogP) is 11.1. The molecule has 6 aromatic carbocycles. The minimum Gasteiger partial charge on any atom is -0.697 e. The van der Waals surface area contributed by atoms with Crippen molar-refractivity contribution in [2.45, 2.75) is 0 Å². The molecule has 0 aliphatic rings. The fraction of sp³-hybridized carbons (Fsp3) is 0. The van der Waals surface area contributed by atoms with Crippen molar-refractivity contribution in [3.05, 3.63) is 141 Å².